The second kappa shape index (κ2) is 8.58. The molecular formula is C24H23ClN2O2. The van der Waals surface area contributed by atoms with Gasteiger partial charge in [-0.25, -0.2) is 4.79 Å². The van der Waals surface area contributed by atoms with Crippen molar-refractivity contribution in [2.24, 2.45) is 0 Å². The summed E-state index contributed by atoms with van der Waals surface area (Å²) in [4.78, 5) is 13.7. The standard InChI is InChI=1S/C24H23ClN2O2/c25-19-13-12-18-11-10-17-6-1-4-9-22(17)27(23(18)16-19)15-5-14-26-21-8-3-2-7-20(21)24(28)29/h1-4,6-9,12-13,16,26H,5,10-11,14-15H2,(H,28,29). The minimum Gasteiger partial charge on any atom is -0.478 e. The van der Waals surface area contributed by atoms with Gasteiger partial charge in [-0.05, 0) is 60.7 Å². The van der Waals surface area contributed by atoms with E-state index in [1.165, 1.54) is 16.8 Å². The third-order valence-corrected chi connectivity index (χ3v) is 5.55. The number of anilines is 3. The number of halogens is 1. The number of aromatic carboxylic acids is 1. The van der Waals surface area contributed by atoms with Gasteiger partial charge in [0, 0.05) is 35.2 Å². The van der Waals surface area contributed by atoms with Crippen molar-refractivity contribution in [2.75, 3.05) is 23.3 Å². The Hall–Kier alpha value is -2.98. The minimum atomic E-state index is -0.918. The molecule has 2 N–H and O–H groups in total. The minimum absolute atomic E-state index is 0.296. The molecule has 148 valence electrons. The van der Waals surface area contributed by atoms with E-state index >= 15 is 0 Å². The van der Waals surface area contributed by atoms with E-state index in [9.17, 15) is 9.90 Å². The van der Waals surface area contributed by atoms with E-state index in [0.29, 0.717) is 17.8 Å². The molecule has 1 aliphatic heterocycles. The van der Waals surface area contributed by atoms with E-state index in [0.717, 1.165) is 36.5 Å². The number of hydrogen-bond acceptors (Lipinski definition) is 3. The van der Waals surface area contributed by atoms with E-state index in [4.69, 9.17) is 11.6 Å². The van der Waals surface area contributed by atoms with Gasteiger partial charge in [0.25, 0.3) is 0 Å². The maximum absolute atomic E-state index is 11.4. The first-order chi connectivity index (χ1) is 14.1. The summed E-state index contributed by atoms with van der Waals surface area (Å²) in [7, 11) is 0. The van der Waals surface area contributed by atoms with Crippen LogP contribution >= 0.6 is 11.6 Å². The summed E-state index contributed by atoms with van der Waals surface area (Å²) in [5, 5.41) is 13.4. The number of nitrogens with one attached hydrogen (secondary N) is 1. The van der Waals surface area contributed by atoms with Gasteiger partial charge in [-0.15, -0.1) is 0 Å². The third kappa shape index (κ3) is 4.22. The zero-order valence-corrected chi connectivity index (χ0v) is 16.8. The molecule has 0 aromatic heterocycles. The Balaban J connectivity index is 1.53. The number of nitrogens with zero attached hydrogens (tertiary/aromatic N) is 1. The Kier molecular flexibility index (Phi) is 5.72. The summed E-state index contributed by atoms with van der Waals surface area (Å²) in [6.45, 7) is 1.49. The molecular weight excluding hydrogens is 384 g/mol. The predicted molar refractivity (Wildman–Crippen MR) is 119 cm³/mol. The summed E-state index contributed by atoms with van der Waals surface area (Å²) in [5.41, 5.74) is 5.97. The highest BCUT2D eigenvalue weighted by molar-refractivity contribution is 6.30. The summed E-state index contributed by atoms with van der Waals surface area (Å²) in [5.74, 6) is -0.918. The van der Waals surface area contributed by atoms with E-state index in [-0.39, 0.29) is 0 Å². The lowest BCUT2D eigenvalue weighted by molar-refractivity contribution is 0.0698. The van der Waals surface area contributed by atoms with Crippen LogP contribution in [0.2, 0.25) is 5.02 Å². The first kappa shape index (κ1) is 19.3. The Morgan fingerprint density at radius 3 is 2.52 bits per heavy atom. The molecule has 0 saturated heterocycles. The van der Waals surface area contributed by atoms with E-state index in [1.807, 2.05) is 18.2 Å². The highest BCUT2D eigenvalue weighted by Gasteiger charge is 2.20. The SMILES string of the molecule is O=C(O)c1ccccc1NCCCN1c2ccccc2CCc2ccc(Cl)cc21. The number of fused-ring (bicyclic) bond motifs is 2. The molecule has 0 fully saturated rings. The van der Waals surface area contributed by atoms with Crippen LogP contribution in [0, 0.1) is 0 Å². The monoisotopic (exact) mass is 406 g/mol. The predicted octanol–water partition coefficient (Wildman–Crippen LogP) is 5.78. The number of benzene rings is 3. The largest absolute Gasteiger partial charge is 0.478 e. The Morgan fingerprint density at radius 1 is 0.966 bits per heavy atom. The number of para-hydroxylation sites is 2. The van der Waals surface area contributed by atoms with Gasteiger partial charge < -0.3 is 15.3 Å². The van der Waals surface area contributed by atoms with Crippen LogP contribution in [0.25, 0.3) is 0 Å². The second-order valence-electron chi connectivity index (χ2n) is 7.18. The number of carbonyl (C=O) groups is 1. The van der Waals surface area contributed by atoms with Crippen LogP contribution in [-0.4, -0.2) is 24.2 Å². The number of carboxylic acid groups (broad SMARTS) is 1. The van der Waals surface area contributed by atoms with Crippen LogP contribution in [0.5, 0.6) is 0 Å². The first-order valence-electron chi connectivity index (χ1n) is 9.83. The van der Waals surface area contributed by atoms with Gasteiger partial charge in [-0.1, -0.05) is 48.0 Å². The molecule has 0 bridgehead atoms. The zero-order valence-electron chi connectivity index (χ0n) is 16.1. The van der Waals surface area contributed by atoms with Gasteiger partial charge in [0.2, 0.25) is 0 Å². The van der Waals surface area contributed by atoms with Gasteiger partial charge in [-0.3, -0.25) is 0 Å². The molecule has 1 aliphatic rings. The summed E-state index contributed by atoms with van der Waals surface area (Å²) in [6.07, 6.45) is 2.85. The highest BCUT2D eigenvalue weighted by Crippen LogP contribution is 2.37. The fourth-order valence-electron chi connectivity index (χ4n) is 3.91. The summed E-state index contributed by atoms with van der Waals surface area (Å²) >= 11 is 6.32. The number of rotatable bonds is 6. The quantitative estimate of drug-likeness (QED) is 0.509. The Labute approximate surface area is 175 Å². The van der Waals surface area contributed by atoms with Crippen molar-refractivity contribution in [3.05, 3.63) is 88.4 Å². The van der Waals surface area contributed by atoms with E-state index in [2.05, 4.69) is 40.5 Å². The maximum atomic E-state index is 11.4. The molecule has 4 nitrogen and oxygen atoms in total. The number of hydrogen-bond donors (Lipinski definition) is 2. The van der Waals surface area contributed by atoms with Gasteiger partial charge in [0.1, 0.15) is 0 Å². The molecule has 0 spiro atoms. The molecule has 1 heterocycles. The van der Waals surface area contributed by atoms with E-state index < -0.39 is 5.97 Å². The lowest BCUT2D eigenvalue weighted by Gasteiger charge is -2.27. The van der Waals surface area contributed by atoms with Gasteiger partial charge in [0.15, 0.2) is 0 Å². The van der Waals surface area contributed by atoms with Crippen LogP contribution < -0.4 is 10.2 Å². The first-order valence-corrected chi connectivity index (χ1v) is 10.2. The second-order valence-corrected chi connectivity index (χ2v) is 7.62. The molecule has 0 aliphatic carbocycles. The molecule has 0 saturated carbocycles. The van der Waals surface area contributed by atoms with Crippen molar-refractivity contribution in [2.45, 2.75) is 19.3 Å². The molecule has 5 heteroatoms. The van der Waals surface area contributed by atoms with Crippen LogP contribution in [0.15, 0.2) is 66.7 Å². The normalized spacial score (nSPS) is 12.7. The van der Waals surface area contributed by atoms with Gasteiger partial charge in [-0.2, -0.15) is 0 Å². The molecule has 29 heavy (non-hydrogen) atoms. The average molecular weight is 407 g/mol. The highest BCUT2D eigenvalue weighted by atomic mass is 35.5. The lowest BCUT2D eigenvalue weighted by Crippen LogP contribution is -2.22. The van der Waals surface area contributed by atoms with Crippen LogP contribution in [0.4, 0.5) is 17.1 Å². The zero-order chi connectivity index (χ0) is 20.2. The van der Waals surface area contributed by atoms with Crippen molar-refractivity contribution in [1.82, 2.24) is 0 Å². The van der Waals surface area contributed by atoms with Gasteiger partial charge in [0.05, 0.1) is 5.56 Å². The van der Waals surface area contributed by atoms with E-state index in [1.54, 1.807) is 18.2 Å². The lowest BCUT2D eigenvalue weighted by atomic mass is 10.0. The summed E-state index contributed by atoms with van der Waals surface area (Å²) < 4.78 is 0. The van der Waals surface area contributed by atoms with Crippen LogP contribution in [-0.2, 0) is 12.8 Å². The summed E-state index contributed by atoms with van der Waals surface area (Å²) in [6, 6.07) is 21.7. The molecule has 0 unspecified atom stereocenters. The van der Waals surface area contributed by atoms with Crippen LogP contribution in [0.3, 0.4) is 0 Å². The molecule has 0 amide bonds. The average Bonchev–Trinajstić information content (AvgIpc) is 2.88. The number of carboxylic acids is 1. The van der Waals surface area contributed by atoms with Gasteiger partial charge >= 0.3 is 5.97 Å². The fraction of sp³-hybridized carbons (Fsp3) is 0.208. The van der Waals surface area contributed by atoms with Crippen molar-refractivity contribution in [3.8, 4) is 0 Å². The third-order valence-electron chi connectivity index (χ3n) is 5.32. The van der Waals surface area contributed by atoms with Crippen LogP contribution in [0.1, 0.15) is 27.9 Å². The molecule has 0 atom stereocenters. The van der Waals surface area contributed by atoms with Crippen molar-refractivity contribution >= 4 is 34.6 Å². The van der Waals surface area contributed by atoms with Crippen molar-refractivity contribution < 1.29 is 9.90 Å². The number of aryl methyl sites for hydroxylation is 2. The van der Waals surface area contributed by atoms with Crippen molar-refractivity contribution in [3.63, 3.8) is 0 Å². The smallest absolute Gasteiger partial charge is 0.337 e. The molecule has 0 radical (unpaired) electrons. The molecule has 3 aromatic carbocycles. The molecule has 4 rings (SSSR count). The van der Waals surface area contributed by atoms with Crippen molar-refractivity contribution in [1.29, 1.82) is 0 Å². The maximum Gasteiger partial charge on any atom is 0.337 e. The Bertz CT molecular complexity index is 1030. The molecule has 3 aromatic rings. The fourth-order valence-corrected chi connectivity index (χ4v) is 4.08. The topological polar surface area (TPSA) is 52.6 Å². The Morgan fingerprint density at radius 2 is 1.69 bits per heavy atom.